The third-order valence-corrected chi connectivity index (χ3v) is 3.25. The molecule has 2 aromatic rings. The first-order valence-corrected chi connectivity index (χ1v) is 6.35. The molecule has 6 heteroatoms. The number of nitrogens with one attached hydrogen (secondary N) is 1. The predicted molar refractivity (Wildman–Crippen MR) is 68.0 cm³/mol. The minimum absolute atomic E-state index is 0.124. The molecule has 1 N–H and O–H groups in total. The highest BCUT2D eigenvalue weighted by Crippen LogP contribution is 2.15. The molecule has 94 valence electrons. The van der Waals surface area contributed by atoms with Gasteiger partial charge in [-0.1, -0.05) is 30.4 Å². The van der Waals surface area contributed by atoms with Crippen LogP contribution in [0.1, 0.15) is 17.5 Å². The number of anilines is 1. The lowest BCUT2D eigenvalue weighted by Gasteiger charge is -2.01. The van der Waals surface area contributed by atoms with E-state index in [1.54, 1.807) is 12.1 Å². The maximum atomic E-state index is 12.9. The summed E-state index contributed by atoms with van der Waals surface area (Å²) in [6, 6.07) is 5.98. The van der Waals surface area contributed by atoms with Crippen LogP contribution in [0.2, 0.25) is 0 Å². The highest BCUT2D eigenvalue weighted by Gasteiger charge is 2.08. The number of benzene rings is 1. The smallest absolute Gasteiger partial charge is 0.230 e. The summed E-state index contributed by atoms with van der Waals surface area (Å²) in [5, 5.41) is 11.8. The Labute approximate surface area is 108 Å². The van der Waals surface area contributed by atoms with Crippen LogP contribution in [0.4, 0.5) is 9.52 Å². The standard InChI is InChI=1S/C12H12FN3OS/c1-2-11-15-16-12(18-11)14-10(17)7-8-4-3-5-9(13)6-8/h3-6H,2,7H2,1H3,(H,14,16,17). The van der Waals surface area contributed by atoms with Gasteiger partial charge in [-0.3, -0.25) is 4.79 Å². The van der Waals surface area contributed by atoms with Crippen molar-refractivity contribution in [2.24, 2.45) is 0 Å². The highest BCUT2D eigenvalue weighted by molar-refractivity contribution is 7.15. The summed E-state index contributed by atoms with van der Waals surface area (Å²) in [6.45, 7) is 1.97. The first-order valence-electron chi connectivity index (χ1n) is 5.54. The van der Waals surface area contributed by atoms with E-state index in [4.69, 9.17) is 0 Å². The van der Waals surface area contributed by atoms with Gasteiger partial charge in [0.15, 0.2) is 0 Å². The van der Waals surface area contributed by atoms with Crippen molar-refractivity contribution in [3.05, 3.63) is 40.7 Å². The fourth-order valence-corrected chi connectivity index (χ4v) is 2.14. The number of aromatic nitrogens is 2. The number of hydrogen-bond donors (Lipinski definition) is 1. The fraction of sp³-hybridized carbons (Fsp3) is 0.250. The van der Waals surface area contributed by atoms with Crippen LogP contribution in [0.3, 0.4) is 0 Å². The summed E-state index contributed by atoms with van der Waals surface area (Å²) in [4.78, 5) is 11.7. The Hall–Kier alpha value is -1.82. The van der Waals surface area contributed by atoms with Gasteiger partial charge in [0.1, 0.15) is 10.8 Å². The number of amides is 1. The highest BCUT2D eigenvalue weighted by atomic mass is 32.1. The number of nitrogens with zero attached hydrogens (tertiary/aromatic N) is 2. The normalized spacial score (nSPS) is 10.3. The van der Waals surface area contributed by atoms with Gasteiger partial charge in [0.05, 0.1) is 6.42 Å². The van der Waals surface area contributed by atoms with Crippen LogP contribution in [0.5, 0.6) is 0 Å². The summed E-state index contributed by atoms with van der Waals surface area (Å²) in [7, 11) is 0. The number of halogens is 1. The van der Waals surface area contributed by atoms with Gasteiger partial charge < -0.3 is 5.32 Å². The van der Waals surface area contributed by atoms with Gasteiger partial charge in [-0.2, -0.15) is 0 Å². The van der Waals surface area contributed by atoms with Gasteiger partial charge in [-0.05, 0) is 24.1 Å². The summed E-state index contributed by atoms with van der Waals surface area (Å²) in [5.41, 5.74) is 0.632. The average molecular weight is 265 g/mol. The van der Waals surface area contributed by atoms with Gasteiger partial charge >= 0.3 is 0 Å². The van der Waals surface area contributed by atoms with Gasteiger partial charge in [-0.15, -0.1) is 10.2 Å². The lowest BCUT2D eigenvalue weighted by atomic mass is 10.1. The third-order valence-electron chi connectivity index (χ3n) is 2.27. The molecule has 1 aromatic carbocycles. The Balaban J connectivity index is 1.96. The molecule has 0 fully saturated rings. The third kappa shape index (κ3) is 3.33. The van der Waals surface area contributed by atoms with Crippen molar-refractivity contribution in [1.82, 2.24) is 10.2 Å². The number of aryl methyl sites for hydroxylation is 1. The van der Waals surface area contributed by atoms with Crippen LogP contribution in [-0.2, 0) is 17.6 Å². The van der Waals surface area contributed by atoms with E-state index < -0.39 is 0 Å². The fourth-order valence-electron chi connectivity index (χ4n) is 1.44. The molecule has 1 aromatic heterocycles. The Morgan fingerprint density at radius 2 is 2.28 bits per heavy atom. The molecule has 0 saturated heterocycles. The second-order valence-electron chi connectivity index (χ2n) is 3.71. The van der Waals surface area contributed by atoms with Gasteiger partial charge in [0, 0.05) is 0 Å². The first-order chi connectivity index (χ1) is 8.67. The zero-order chi connectivity index (χ0) is 13.0. The maximum absolute atomic E-state index is 12.9. The molecule has 4 nitrogen and oxygen atoms in total. The van der Waals surface area contributed by atoms with Crippen molar-refractivity contribution in [2.75, 3.05) is 5.32 Å². The molecule has 1 amide bonds. The number of rotatable bonds is 4. The van der Waals surface area contributed by atoms with Crippen molar-refractivity contribution in [3.63, 3.8) is 0 Å². The zero-order valence-corrected chi connectivity index (χ0v) is 10.6. The molecule has 0 aliphatic carbocycles. The SMILES string of the molecule is CCc1nnc(NC(=O)Cc2cccc(F)c2)s1. The molecule has 1 heterocycles. The van der Waals surface area contributed by atoms with E-state index in [9.17, 15) is 9.18 Å². The molecule has 0 bridgehead atoms. The molecule has 0 aliphatic heterocycles. The van der Waals surface area contributed by atoms with E-state index in [-0.39, 0.29) is 18.1 Å². The molecule has 0 aliphatic rings. The summed E-state index contributed by atoms with van der Waals surface area (Å²) < 4.78 is 12.9. The minimum atomic E-state index is -0.343. The largest absolute Gasteiger partial charge is 0.300 e. The summed E-state index contributed by atoms with van der Waals surface area (Å²) in [6.07, 6.45) is 0.913. The van der Waals surface area contributed by atoms with E-state index in [2.05, 4.69) is 15.5 Å². The summed E-state index contributed by atoms with van der Waals surface area (Å²) in [5.74, 6) is -0.566. The number of carbonyl (C=O) groups is 1. The van der Waals surface area contributed by atoms with Crippen LogP contribution < -0.4 is 5.32 Å². The molecule has 18 heavy (non-hydrogen) atoms. The molecule has 0 unspecified atom stereocenters. The topological polar surface area (TPSA) is 54.9 Å². The Bertz CT molecular complexity index is 556. The predicted octanol–water partition coefficient (Wildman–Crippen LogP) is 2.42. The lowest BCUT2D eigenvalue weighted by molar-refractivity contribution is -0.115. The van der Waals surface area contributed by atoms with Crippen LogP contribution in [0.25, 0.3) is 0 Å². The zero-order valence-electron chi connectivity index (χ0n) is 9.81. The minimum Gasteiger partial charge on any atom is -0.300 e. The number of hydrogen-bond acceptors (Lipinski definition) is 4. The number of carbonyl (C=O) groups excluding carboxylic acids is 1. The van der Waals surface area contributed by atoms with Crippen LogP contribution in [0, 0.1) is 5.82 Å². The van der Waals surface area contributed by atoms with E-state index >= 15 is 0 Å². The quantitative estimate of drug-likeness (QED) is 0.923. The first kappa shape index (κ1) is 12.6. The van der Waals surface area contributed by atoms with Crippen molar-refractivity contribution in [3.8, 4) is 0 Å². The average Bonchev–Trinajstić information content (AvgIpc) is 2.76. The van der Waals surface area contributed by atoms with Crippen LogP contribution >= 0.6 is 11.3 Å². The van der Waals surface area contributed by atoms with Gasteiger partial charge in [0.25, 0.3) is 0 Å². The molecule has 2 rings (SSSR count). The van der Waals surface area contributed by atoms with Crippen molar-refractivity contribution >= 4 is 22.4 Å². The van der Waals surface area contributed by atoms with Gasteiger partial charge in [-0.25, -0.2) is 4.39 Å². The maximum Gasteiger partial charge on any atom is 0.230 e. The van der Waals surface area contributed by atoms with E-state index in [1.165, 1.54) is 23.5 Å². The van der Waals surface area contributed by atoms with Crippen molar-refractivity contribution < 1.29 is 9.18 Å². The lowest BCUT2D eigenvalue weighted by Crippen LogP contribution is -2.14. The molecular weight excluding hydrogens is 253 g/mol. The van der Waals surface area contributed by atoms with E-state index in [0.29, 0.717) is 10.7 Å². The molecular formula is C12H12FN3OS. The van der Waals surface area contributed by atoms with Crippen LogP contribution in [0.15, 0.2) is 24.3 Å². The monoisotopic (exact) mass is 265 g/mol. The van der Waals surface area contributed by atoms with Crippen LogP contribution in [-0.4, -0.2) is 16.1 Å². The summed E-state index contributed by atoms with van der Waals surface area (Å²) >= 11 is 1.35. The second-order valence-corrected chi connectivity index (χ2v) is 4.77. The van der Waals surface area contributed by atoms with Crippen molar-refractivity contribution in [2.45, 2.75) is 19.8 Å². The van der Waals surface area contributed by atoms with E-state index in [1.807, 2.05) is 6.92 Å². The molecule has 0 radical (unpaired) electrons. The Morgan fingerprint density at radius 1 is 1.44 bits per heavy atom. The second kappa shape index (κ2) is 5.68. The van der Waals surface area contributed by atoms with Gasteiger partial charge in [0.2, 0.25) is 11.0 Å². The Morgan fingerprint density at radius 3 is 2.94 bits per heavy atom. The molecule has 0 spiro atoms. The van der Waals surface area contributed by atoms with Crippen molar-refractivity contribution in [1.29, 1.82) is 0 Å². The molecule has 0 saturated carbocycles. The Kier molecular flexibility index (Phi) is 3.99. The molecule has 0 atom stereocenters. The van der Waals surface area contributed by atoms with E-state index in [0.717, 1.165) is 11.4 Å².